The molecule has 1 amide bonds. The molecule has 0 aliphatic carbocycles. The summed E-state index contributed by atoms with van der Waals surface area (Å²) in [7, 11) is 0. The Morgan fingerprint density at radius 3 is 2.66 bits per heavy atom. The Bertz CT molecular complexity index is 1240. The second-order valence-electron chi connectivity index (χ2n) is 6.96. The third kappa shape index (κ3) is 5.64. The lowest BCUT2D eigenvalue weighted by molar-refractivity contribution is -0.115. The standard InChI is InChI=1S/C24H17Br2ClN2O2S/c1-14-20(27)3-2-4-21(14)28-24-29-23(30)22(32-24)11-15-5-9-18(10-6-15)31-13-16-7-8-17(25)12-19(16)26/h2-12H,13H2,1H3,(H,28,29,30)/b22-11-. The average molecular weight is 593 g/mol. The number of carbonyl (C=O) groups is 1. The quantitative estimate of drug-likeness (QED) is 0.310. The van der Waals surface area contributed by atoms with Crippen molar-refractivity contribution in [3.05, 3.63) is 96.2 Å². The van der Waals surface area contributed by atoms with Gasteiger partial charge in [-0.15, -0.1) is 0 Å². The Labute approximate surface area is 212 Å². The highest BCUT2D eigenvalue weighted by molar-refractivity contribution is 9.11. The number of amides is 1. The maximum atomic E-state index is 12.4. The van der Waals surface area contributed by atoms with Crippen LogP contribution in [-0.4, -0.2) is 11.1 Å². The van der Waals surface area contributed by atoms with Crippen molar-refractivity contribution < 1.29 is 9.53 Å². The molecule has 1 aliphatic heterocycles. The molecule has 1 N–H and O–H groups in total. The van der Waals surface area contributed by atoms with E-state index in [1.165, 1.54) is 11.8 Å². The van der Waals surface area contributed by atoms with Crippen molar-refractivity contribution in [2.75, 3.05) is 0 Å². The number of carbonyl (C=O) groups excluding carboxylic acids is 1. The van der Waals surface area contributed by atoms with E-state index in [1.54, 1.807) is 0 Å². The Balaban J connectivity index is 1.43. The Kier molecular flexibility index (Phi) is 7.40. The van der Waals surface area contributed by atoms with Gasteiger partial charge >= 0.3 is 0 Å². The van der Waals surface area contributed by atoms with Crippen molar-refractivity contribution in [1.29, 1.82) is 0 Å². The third-order valence-corrected chi connectivity index (χ3v) is 7.25. The molecule has 162 valence electrons. The van der Waals surface area contributed by atoms with Crippen molar-refractivity contribution in [3.63, 3.8) is 0 Å². The summed E-state index contributed by atoms with van der Waals surface area (Å²) in [6.45, 7) is 2.36. The van der Waals surface area contributed by atoms with Crippen LogP contribution in [0.15, 0.2) is 79.5 Å². The minimum Gasteiger partial charge on any atom is -0.489 e. The van der Waals surface area contributed by atoms with Crippen LogP contribution in [-0.2, 0) is 11.4 Å². The number of thioether (sulfide) groups is 1. The van der Waals surface area contributed by atoms with E-state index in [-0.39, 0.29) is 5.91 Å². The number of nitrogens with one attached hydrogen (secondary N) is 1. The molecule has 1 saturated heterocycles. The second-order valence-corrected chi connectivity index (χ2v) is 10.2. The molecule has 32 heavy (non-hydrogen) atoms. The second kappa shape index (κ2) is 10.3. The summed E-state index contributed by atoms with van der Waals surface area (Å²) in [5.74, 6) is 0.582. The number of ether oxygens (including phenoxy) is 1. The normalized spacial score (nSPS) is 15.9. The van der Waals surface area contributed by atoms with E-state index in [0.29, 0.717) is 21.7 Å². The zero-order valence-corrected chi connectivity index (χ0v) is 21.6. The van der Waals surface area contributed by atoms with Crippen LogP contribution in [0.5, 0.6) is 5.75 Å². The van der Waals surface area contributed by atoms with E-state index >= 15 is 0 Å². The predicted molar refractivity (Wildman–Crippen MR) is 140 cm³/mol. The Hall–Kier alpha value is -2.06. The highest BCUT2D eigenvalue weighted by atomic mass is 79.9. The predicted octanol–water partition coefficient (Wildman–Crippen LogP) is 7.64. The van der Waals surface area contributed by atoms with Crippen molar-refractivity contribution >= 4 is 78.1 Å². The van der Waals surface area contributed by atoms with E-state index in [2.05, 4.69) is 42.2 Å². The molecule has 0 spiro atoms. The summed E-state index contributed by atoms with van der Waals surface area (Å²) >= 11 is 14.5. The highest BCUT2D eigenvalue weighted by Crippen LogP contribution is 2.31. The maximum absolute atomic E-state index is 12.4. The molecule has 0 radical (unpaired) electrons. The van der Waals surface area contributed by atoms with Gasteiger partial charge in [0.05, 0.1) is 10.6 Å². The summed E-state index contributed by atoms with van der Waals surface area (Å²) < 4.78 is 7.88. The van der Waals surface area contributed by atoms with Gasteiger partial charge in [-0.05, 0) is 72.3 Å². The van der Waals surface area contributed by atoms with Gasteiger partial charge in [-0.3, -0.25) is 4.79 Å². The maximum Gasteiger partial charge on any atom is 0.264 e. The molecule has 1 heterocycles. The fraction of sp³-hybridized carbons (Fsp3) is 0.0833. The SMILES string of the molecule is Cc1c(Cl)cccc1N=C1NC(=O)/C(=C/c2ccc(OCc3ccc(Br)cc3Br)cc2)S1. The summed E-state index contributed by atoms with van der Waals surface area (Å²) in [6, 6.07) is 19.1. The fourth-order valence-electron chi connectivity index (χ4n) is 2.92. The first-order valence-corrected chi connectivity index (χ1v) is 12.4. The van der Waals surface area contributed by atoms with Crippen LogP contribution >= 0.6 is 55.2 Å². The van der Waals surface area contributed by atoms with E-state index in [9.17, 15) is 4.79 Å². The first-order chi connectivity index (χ1) is 15.4. The minimum atomic E-state index is -0.172. The lowest BCUT2D eigenvalue weighted by Gasteiger charge is -2.08. The molecule has 8 heteroatoms. The molecule has 4 rings (SSSR count). The van der Waals surface area contributed by atoms with Crippen LogP contribution in [0.25, 0.3) is 6.08 Å². The molecule has 0 atom stereocenters. The smallest absolute Gasteiger partial charge is 0.264 e. The van der Waals surface area contributed by atoms with Gasteiger partial charge in [-0.1, -0.05) is 67.7 Å². The number of halogens is 3. The number of hydrogen-bond acceptors (Lipinski definition) is 4. The van der Waals surface area contributed by atoms with E-state index in [0.717, 1.165) is 37.1 Å². The number of amidine groups is 1. The van der Waals surface area contributed by atoms with Gasteiger partial charge in [-0.25, -0.2) is 4.99 Å². The van der Waals surface area contributed by atoms with Gasteiger partial charge in [0.25, 0.3) is 5.91 Å². The molecule has 0 saturated carbocycles. The van der Waals surface area contributed by atoms with Gasteiger partial charge in [0.2, 0.25) is 0 Å². The van der Waals surface area contributed by atoms with Crippen molar-refractivity contribution in [3.8, 4) is 5.75 Å². The number of aliphatic imine (C=N–C) groups is 1. The summed E-state index contributed by atoms with van der Waals surface area (Å²) in [6.07, 6.45) is 1.84. The lowest BCUT2D eigenvalue weighted by atomic mass is 10.2. The van der Waals surface area contributed by atoms with Crippen LogP contribution in [0.4, 0.5) is 5.69 Å². The Morgan fingerprint density at radius 2 is 1.91 bits per heavy atom. The van der Waals surface area contributed by atoms with Gasteiger partial charge in [0.1, 0.15) is 12.4 Å². The van der Waals surface area contributed by atoms with Gasteiger partial charge in [0, 0.05) is 19.5 Å². The van der Waals surface area contributed by atoms with Gasteiger partial charge < -0.3 is 10.1 Å². The van der Waals surface area contributed by atoms with E-state index in [4.69, 9.17) is 16.3 Å². The number of rotatable bonds is 5. The van der Waals surface area contributed by atoms with E-state index in [1.807, 2.05) is 73.7 Å². The van der Waals surface area contributed by atoms with Crippen LogP contribution in [0.2, 0.25) is 5.02 Å². The zero-order valence-electron chi connectivity index (χ0n) is 16.9. The molecule has 3 aromatic rings. The molecule has 3 aromatic carbocycles. The number of hydrogen-bond donors (Lipinski definition) is 1. The summed E-state index contributed by atoms with van der Waals surface area (Å²) in [5, 5.41) is 3.99. The third-order valence-electron chi connectivity index (χ3n) is 4.70. The van der Waals surface area contributed by atoms with Crippen LogP contribution in [0.1, 0.15) is 16.7 Å². The monoisotopic (exact) mass is 590 g/mol. The summed E-state index contributed by atoms with van der Waals surface area (Å²) in [4.78, 5) is 17.5. The zero-order chi connectivity index (χ0) is 22.7. The number of benzene rings is 3. The molecule has 4 nitrogen and oxygen atoms in total. The molecular weight excluding hydrogens is 576 g/mol. The largest absolute Gasteiger partial charge is 0.489 e. The van der Waals surface area contributed by atoms with Crippen LogP contribution in [0, 0.1) is 6.92 Å². The van der Waals surface area contributed by atoms with Crippen molar-refractivity contribution in [2.24, 2.45) is 4.99 Å². The highest BCUT2D eigenvalue weighted by Gasteiger charge is 2.24. The first kappa shape index (κ1) is 23.1. The molecule has 0 bridgehead atoms. The Morgan fingerprint density at radius 1 is 1.12 bits per heavy atom. The minimum absolute atomic E-state index is 0.172. The number of nitrogens with zero attached hydrogens (tertiary/aromatic N) is 1. The van der Waals surface area contributed by atoms with Crippen molar-refractivity contribution in [1.82, 2.24) is 5.32 Å². The molecular formula is C24H17Br2ClN2O2S. The molecule has 1 fully saturated rings. The topological polar surface area (TPSA) is 50.7 Å². The lowest BCUT2D eigenvalue weighted by Crippen LogP contribution is -2.19. The van der Waals surface area contributed by atoms with E-state index < -0.39 is 0 Å². The average Bonchev–Trinajstić information content (AvgIpc) is 3.10. The molecule has 0 aromatic heterocycles. The first-order valence-electron chi connectivity index (χ1n) is 9.60. The van der Waals surface area contributed by atoms with Crippen LogP contribution in [0.3, 0.4) is 0 Å². The summed E-state index contributed by atoms with van der Waals surface area (Å²) in [5.41, 5.74) is 3.57. The fourth-order valence-corrected chi connectivity index (χ4v) is 5.08. The van der Waals surface area contributed by atoms with Crippen molar-refractivity contribution in [2.45, 2.75) is 13.5 Å². The molecule has 0 unspecified atom stereocenters. The van der Waals surface area contributed by atoms with Gasteiger partial charge in [-0.2, -0.15) is 0 Å². The molecule has 1 aliphatic rings. The van der Waals surface area contributed by atoms with Gasteiger partial charge in [0.15, 0.2) is 5.17 Å². The van der Waals surface area contributed by atoms with Crippen LogP contribution < -0.4 is 10.1 Å².